The third-order valence-electron chi connectivity index (χ3n) is 3.44. The normalized spacial score (nSPS) is 11.2. The number of thiophene rings is 1. The molecule has 1 N–H and O–H groups in total. The Kier molecular flexibility index (Phi) is 4.41. The van der Waals surface area contributed by atoms with E-state index in [9.17, 15) is 0 Å². The number of halogens is 1. The van der Waals surface area contributed by atoms with Crippen LogP contribution in [0.2, 0.25) is 5.02 Å². The molecule has 0 aliphatic rings. The highest BCUT2D eigenvalue weighted by Crippen LogP contribution is 2.20. The molecular weight excluding hydrogens is 288 g/mol. The molecule has 0 aliphatic heterocycles. The molecule has 0 spiro atoms. The molecule has 4 heteroatoms. The molecule has 0 amide bonds. The van der Waals surface area contributed by atoms with E-state index >= 15 is 0 Å². The second-order valence-electron chi connectivity index (χ2n) is 4.84. The summed E-state index contributed by atoms with van der Waals surface area (Å²) in [7, 11) is 0. The van der Waals surface area contributed by atoms with Gasteiger partial charge in [0.2, 0.25) is 0 Å². The van der Waals surface area contributed by atoms with Crippen molar-refractivity contribution in [3.63, 3.8) is 0 Å². The predicted octanol–water partition coefficient (Wildman–Crippen LogP) is 4.19. The number of nitrogens with zero attached hydrogens (tertiary/aromatic N) is 1. The van der Waals surface area contributed by atoms with Crippen LogP contribution in [0.5, 0.6) is 0 Å². The van der Waals surface area contributed by atoms with Crippen molar-refractivity contribution >= 4 is 33.8 Å². The lowest BCUT2D eigenvalue weighted by Crippen LogP contribution is -2.22. The Bertz CT molecular complexity index is 673. The minimum absolute atomic E-state index is 0.794. The van der Waals surface area contributed by atoms with E-state index in [1.54, 1.807) is 11.3 Å². The molecule has 1 aromatic carbocycles. The average molecular weight is 305 g/mol. The minimum atomic E-state index is 0.794. The van der Waals surface area contributed by atoms with Gasteiger partial charge in [0.15, 0.2) is 0 Å². The fraction of sp³-hybridized carbons (Fsp3) is 0.250. The van der Waals surface area contributed by atoms with E-state index < -0.39 is 0 Å². The Balaban J connectivity index is 1.51. The van der Waals surface area contributed by atoms with Crippen LogP contribution in [0.4, 0.5) is 0 Å². The fourth-order valence-electron chi connectivity index (χ4n) is 2.34. The van der Waals surface area contributed by atoms with E-state index in [0.717, 1.165) is 31.1 Å². The van der Waals surface area contributed by atoms with Crippen molar-refractivity contribution in [3.8, 4) is 0 Å². The lowest BCUT2D eigenvalue weighted by atomic mass is 10.2. The SMILES string of the molecule is Clc1ccc2ccn(CCNCCc3ccsc3)c2c1. The van der Waals surface area contributed by atoms with E-state index in [2.05, 4.69) is 45.0 Å². The van der Waals surface area contributed by atoms with Crippen LogP contribution in [0, 0.1) is 0 Å². The number of hydrogen-bond acceptors (Lipinski definition) is 2. The molecule has 0 saturated heterocycles. The van der Waals surface area contributed by atoms with Gasteiger partial charge >= 0.3 is 0 Å². The van der Waals surface area contributed by atoms with Crippen LogP contribution in [-0.4, -0.2) is 17.7 Å². The van der Waals surface area contributed by atoms with Crippen LogP contribution in [0.15, 0.2) is 47.3 Å². The zero-order valence-electron chi connectivity index (χ0n) is 11.2. The first-order chi connectivity index (χ1) is 9.83. The molecule has 0 aliphatic carbocycles. The lowest BCUT2D eigenvalue weighted by Gasteiger charge is -2.07. The molecule has 104 valence electrons. The highest BCUT2D eigenvalue weighted by molar-refractivity contribution is 7.07. The molecule has 3 aromatic rings. The maximum absolute atomic E-state index is 6.06. The molecule has 20 heavy (non-hydrogen) atoms. The molecule has 2 heterocycles. The number of aromatic nitrogens is 1. The molecular formula is C16H17ClN2S. The Morgan fingerprint density at radius 3 is 2.95 bits per heavy atom. The van der Waals surface area contributed by atoms with Gasteiger partial charge in [-0.05, 0) is 58.9 Å². The summed E-state index contributed by atoms with van der Waals surface area (Å²) in [6.45, 7) is 2.96. The van der Waals surface area contributed by atoms with Gasteiger partial charge in [0.25, 0.3) is 0 Å². The quantitative estimate of drug-likeness (QED) is 0.676. The van der Waals surface area contributed by atoms with Crippen molar-refractivity contribution in [2.24, 2.45) is 0 Å². The van der Waals surface area contributed by atoms with Crippen molar-refractivity contribution in [3.05, 3.63) is 57.9 Å². The molecule has 0 unspecified atom stereocenters. The summed E-state index contributed by atoms with van der Waals surface area (Å²) in [4.78, 5) is 0. The summed E-state index contributed by atoms with van der Waals surface area (Å²) in [5.41, 5.74) is 2.62. The summed E-state index contributed by atoms with van der Waals surface area (Å²) < 4.78 is 2.25. The predicted molar refractivity (Wildman–Crippen MR) is 87.8 cm³/mol. The first kappa shape index (κ1) is 13.7. The fourth-order valence-corrected chi connectivity index (χ4v) is 3.21. The molecule has 0 bridgehead atoms. The third-order valence-corrected chi connectivity index (χ3v) is 4.40. The number of hydrogen-bond donors (Lipinski definition) is 1. The standard InChI is InChI=1S/C16H17ClN2S/c17-15-2-1-14-4-8-19(16(14)11-15)9-7-18-6-3-13-5-10-20-12-13/h1-2,4-5,8,10-12,18H,3,6-7,9H2. The van der Waals surface area contributed by atoms with Crippen LogP contribution >= 0.6 is 22.9 Å². The Hall–Kier alpha value is -1.29. The van der Waals surface area contributed by atoms with E-state index in [-0.39, 0.29) is 0 Å². The van der Waals surface area contributed by atoms with Crippen LogP contribution in [-0.2, 0) is 13.0 Å². The number of fused-ring (bicyclic) bond motifs is 1. The Labute approximate surface area is 128 Å². The second kappa shape index (κ2) is 6.44. The van der Waals surface area contributed by atoms with Gasteiger partial charge in [0.05, 0.1) is 0 Å². The second-order valence-corrected chi connectivity index (χ2v) is 6.06. The molecule has 0 fully saturated rings. The molecule has 2 nitrogen and oxygen atoms in total. The zero-order valence-corrected chi connectivity index (χ0v) is 12.8. The smallest absolute Gasteiger partial charge is 0.0495 e. The van der Waals surface area contributed by atoms with Gasteiger partial charge in [-0.2, -0.15) is 11.3 Å². The van der Waals surface area contributed by atoms with Gasteiger partial charge in [-0.15, -0.1) is 0 Å². The first-order valence-corrected chi connectivity index (χ1v) is 8.11. The summed E-state index contributed by atoms with van der Waals surface area (Å²) in [6, 6.07) is 10.4. The zero-order chi connectivity index (χ0) is 13.8. The van der Waals surface area contributed by atoms with Crippen LogP contribution < -0.4 is 5.32 Å². The van der Waals surface area contributed by atoms with Crippen LogP contribution in [0.3, 0.4) is 0 Å². The average Bonchev–Trinajstić information content (AvgIpc) is 3.08. The van der Waals surface area contributed by atoms with Gasteiger partial charge in [-0.3, -0.25) is 0 Å². The van der Waals surface area contributed by atoms with Crippen LogP contribution in [0.25, 0.3) is 10.9 Å². The molecule has 0 radical (unpaired) electrons. The maximum Gasteiger partial charge on any atom is 0.0495 e. The summed E-state index contributed by atoms with van der Waals surface area (Å²) in [5, 5.41) is 9.87. The molecule has 0 atom stereocenters. The Morgan fingerprint density at radius 2 is 2.10 bits per heavy atom. The largest absolute Gasteiger partial charge is 0.346 e. The van der Waals surface area contributed by atoms with E-state index in [4.69, 9.17) is 11.6 Å². The summed E-state index contributed by atoms with van der Waals surface area (Å²) in [5.74, 6) is 0. The number of rotatable bonds is 6. The van der Waals surface area contributed by atoms with Crippen molar-refractivity contribution in [1.82, 2.24) is 9.88 Å². The van der Waals surface area contributed by atoms with Crippen molar-refractivity contribution < 1.29 is 0 Å². The highest BCUT2D eigenvalue weighted by Gasteiger charge is 2.01. The van der Waals surface area contributed by atoms with Gasteiger partial charge in [-0.25, -0.2) is 0 Å². The van der Waals surface area contributed by atoms with Crippen molar-refractivity contribution in [2.75, 3.05) is 13.1 Å². The third kappa shape index (κ3) is 3.23. The molecule has 2 aromatic heterocycles. The first-order valence-electron chi connectivity index (χ1n) is 6.79. The highest BCUT2D eigenvalue weighted by atomic mass is 35.5. The van der Waals surface area contributed by atoms with Gasteiger partial charge in [0.1, 0.15) is 0 Å². The van der Waals surface area contributed by atoms with E-state index in [0.29, 0.717) is 0 Å². The number of benzene rings is 1. The summed E-state index contributed by atoms with van der Waals surface area (Å²) >= 11 is 7.82. The van der Waals surface area contributed by atoms with E-state index in [1.165, 1.54) is 16.5 Å². The van der Waals surface area contributed by atoms with Gasteiger partial charge in [-0.1, -0.05) is 17.7 Å². The van der Waals surface area contributed by atoms with Crippen molar-refractivity contribution in [2.45, 2.75) is 13.0 Å². The van der Waals surface area contributed by atoms with E-state index in [1.807, 2.05) is 12.1 Å². The maximum atomic E-state index is 6.06. The van der Waals surface area contributed by atoms with Gasteiger partial charge in [0, 0.05) is 29.8 Å². The molecule has 3 rings (SSSR count). The number of nitrogens with one attached hydrogen (secondary N) is 1. The minimum Gasteiger partial charge on any atom is -0.346 e. The van der Waals surface area contributed by atoms with Gasteiger partial charge < -0.3 is 9.88 Å². The Morgan fingerprint density at radius 1 is 1.15 bits per heavy atom. The lowest BCUT2D eigenvalue weighted by molar-refractivity contribution is 0.610. The topological polar surface area (TPSA) is 17.0 Å². The monoisotopic (exact) mass is 304 g/mol. The van der Waals surface area contributed by atoms with Crippen molar-refractivity contribution in [1.29, 1.82) is 0 Å². The molecule has 0 saturated carbocycles. The summed E-state index contributed by atoms with van der Waals surface area (Å²) in [6.07, 6.45) is 3.23. The van der Waals surface area contributed by atoms with Crippen LogP contribution in [0.1, 0.15) is 5.56 Å².